The lowest BCUT2D eigenvalue weighted by molar-refractivity contribution is -0.202. The van der Waals surface area contributed by atoms with E-state index < -0.39 is 12.1 Å². The van der Waals surface area contributed by atoms with E-state index in [1.807, 2.05) is 0 Å². The Kier molecular flexibility index (Phi) is 3.77. The molecule has 2 rings (SSSR count). The van der Waals surface area contributed by atoms with Crippen molar-refractivity contribution in [3.05, 3.63) is 0 Å². The average molecular weight is 235 g/mol. The fourth-order valence-corrected chi connectivity index (χ4v) is 3.40. The maximum absolute atomic E-state index is 12.9. The maximum Gasteiger partial charge on any atom is 0.392 e. The van der Waals surface area contributed by atoms with Crippen molar-refractivity contribution in [3.8, 4) is 0 Å². The van der Waals surface area contributed by atoms with Crippen LogP contribution in [0.4, 0.5) is 13.2 Å². The minimum atomic E-state index is -3.98. The van der Waals surface area contributed by atoms with Crippen molar-refractivity contribution in [2.24, 2.45) is 17.8 Å². The van der Waals surface area contributed by atoms with Crippen molar-refractivity contribution in [3.63, 3.8) is 0 Å². The van der Waals surface area contributed by atoms with Crippen LogP contribution in [0.5, 0.6) is 0 Å². The smallest absolute Gasteiger partial charge is 0.317 e. The zero-order valence-corrected chi connectivity index (χ0v) is 9.52. The third-order valence-electron chi connectivity index (χ3n) is 4.23. The van der Waals surface area contributed by atoms with Crippen LogP contribution in [0.25, 0.3) is 0 Å². The first kappa shape index (κ1) is 12.2. The Balaban J connectivity index is 2.03. The summed E-state index contributed by atoms with van der Waals surface area (Å²) in [5, 5.41) is 3.23. The molecule has 1 nitrogen and oxygen atoms in total. The average Bonchev–Trinajstić information content (AvgIpc) is 2.29. The Labute approximate surface area is 94.8 Å². The zero-order chi connectivity index (χ0) is 11.6. The Hall–Kier alpha value is -0.250. The number of hydrogen-bond acceptors (Lipinski definition) is 1. The number of alkyl halides is 3. The second-order valence-electron chi connectivity index (χ2n) is 5.18. The van der Waals surface area contributed by atoms with Crippen LogP contribution in [0.3, 0.4) is 0 Å². The largest absolute Gasteiger partial charge is 0.392 e. The Morgan fingerprint density at radius 1 is 0.875 bits per heavy atom. The molecule has 2 aliphatic rings. The number of hydrogen-bond donors (Lipinski definition) is 1. The summed E-state index contributed by atoms with van der Waals surface area (Å²) in [7, 11) is 0. The lowest BCUT2D eigenvalue weighted by atomic mass is 9.69. The molecule has 0 radical (unpaired) electrons. The summed E-state index contributed by atoms with van der Waals surface area (Å²) in [6.07, 6.45) is 0.768. The summed E-state index contributed by atoms with van der Waals surface area (Å²) < 4.78 is 38.8. The van der Waals surface area contributed by atoms with E-state index in [0.717, 1.165) is 45.2 Å². The van der Waals surface area contributed by atoms with E-state index >= 15 is 0 Å². The third-order valence-corrected chi connectivity index (χ3v) is 4.23. The molecule has 1 saturated carbocycles. The van der Waals surface area contributed by atoms with Crippen LogP contribution >= 0.6 is 0 Å². The van der Waals surface area contributed by atoms with Crippen LogP contribution in [0.2, 0.25) is 0 Å². The van der Waals surface area contributed by atoms with Crippen molar-refractivity contribution in [1.82, 2.24) is 5.32 Å². The Morgan fingerprint density at radius 3 is 2.12 bits per heavy atom. The van der Waals surface area contributed by atoms with Crippen molar-refractivity contribution in [1.29, 1.82) is 0 Å². The monoisotopic (exact) mass is 235 g/mol. The molecule has 1 aliphatic carbocycles. The van der Waals surface area contributed by atoms with Crippen LogP contribution in [0, 0.1) is 17.8 Å². The maximum atomic E-state index is 12.9. The standard InChI is InChI=1S/C12H20F3N/c13-12(14,15)11-4-2-1-3-10(11)9-5-7-16-8-6-9/h9-11,16H,1-8H2. The highest BCUT2D eigenvalue weighted by Gasteiger charge is 2.47. The summed E-state index contributed by atoms with van der Waals surface area (Å²) in [5.41, 5.74) is 0. The van der Waals surface area contributed by atoms with Crippen molar-refractivity contribution in [2.75, 3.05) is 13.1 Å². The predicted molar refractivity (Wildman–Crippen MR) is 57.1 cm³/mol. The van der Waals surface area contributed by atoms with Crippen LogP contribution in [-0.2, 0) is 0 Å². The van der Waals surface area contributed by atoms with Gasteiger partial charge in [-0.15, -0.1) is 0 Å². The van der Waals surface area contributed by atoms with Crippen molar-refractivity contribution < 1.29 is 13.2 Å². The van der Waals surface area contributed by atoms with Crippen molar-refractivity contribution >= 4 is 0 Å². The molecule has 1 aliphatic heterocycles. The second kappa shape index (κ2) is 4.94. The molecule has 16 heavy (non-hydrogen) atoms. The quantitative estimate of drug-likeness (QED) is 0.735. The molecular weight excluding hydrogens is 215 g/mol. The number of piperidine rings is 1. The molecule has 1 heterocycles. The molecule has 1 N–H and O–H groups in total. The molecule has 2 atom stereocenters. The number of halogens is 3. The summed E-state index contributed by atoms with van der Waals surface area (Å²) in [4.78, 5) is 0. The van der Waals surface area contributed by atoms with E-state index in [-0.39, 0.29) is 5.92 Å². The van der Waals surface area contributed by atoms with Gasteiger partial charge >= 0.3 is 6.18 Å². The summed E-state index contributed by atoms with van der Waals surface area (Å²) >= 11 is 0. The first-order valence-corrected chi connectivity index (χ1v) is 6.36. The van der Waals surface area contributed by atoms with Gasteiger partial charge in [0.15, 0.2) is 0 Å². The number of nitrogens with one attached hydrogen (secondary N) is 1. The van der Waals surface area contributed by atoms with Gasteiger partial charge in [0.05, 0.1) is 5.92 Å². The molecule has 2 fully saturated rings. The molecule has 2 unspecified atom stereocenters. The number of rotatable bonds is 1. The fourth-order valence-electron chi connectivity index (χ4n) is 3.40. The van der Waals surface area contributed by atoms with E-state index in [2.05, 4.69) is 5.32 Å². The van der Waals surface area contributed by atoms with Crippen molar-refractivity contribution in [2.45, 2.75) is 44.7 Å². The van der Waals surface area contributed by atoms with E-state index in [1.54, 1.807) is 0 Å². The van der Waals surface area contributed by atoms with Gasteiger partial charge in [0.25, 0.3) is 0 Å². The Bertz CT molecular complexity index is 221. The molecule has 1 saturated heterocycles. The summed E-state index contributed by atoms with van der Waals surface area (Å²) in [5.74, 6) is -0.826. The third kappa shape index (κ3) is 2.70. The van der Waals surface area contributed by atoms with Crippen LogP contribution < -0.4 is 5.32 Å². The molecule has 4 heteroatoms. The highest BCUT2D eigenvalue weighted by atomic mass is 19.4. The van der Waals surface area contributed by atoms with Gasteiger partial charge in [-0.3, -0.25) is 0 Å². The Morgan fingerprint density at radius 2 is 1.50 bits per heavy atom. The minimum Gasteiger partial charge on any atom is -0.317 e. The van der Waals surface area contributed by atoms with Gasteiger partial charge in [-0.05, 0) is 50.6 Å². The molecule has 0 amide bonds. The normalized spacial score (nSPS) is 33.9. The van der Waals surface area contributed by atoms with Crippen LogP contribution in [0.15, 0.2) is 0 Å². The minimum absolute atomic E-state index is 0.101. The van der Waals surface area contributed by atoms with Gasteiger partial charge in [-0.2, -0.15) is 13.2 Å². The molecule has 0 spiro atoms. The zero-order valence-electron chi connectivity index (χ0n) is 9.52. The van der Waals surface area contributed by atoms with E-state index in [1.165, 1.54) is 0 Å². The van der Waals surface area contributed by atoms with Gasteiger partial charge in [-0.25, -0.2) is 0 Å². The van der Waals surface area contributed by atoms with Gasteiger partial charge in [0.2, 0.25) is 0 Å². The predicted octanol–water partition coefficient (Wildman–Crippen LogP) is 3.35. The van der Waals surface area contributed by atoms with Gasteiger partial charge in [0.1, 0.15) is 0 Å². The summed E-state index contributed by atoms with van der Waals surface area (Å²) in [6, 6.07) is 0. The first-order chi connectivity index (χ1) is 7.59. The summed E-state index contributed by atoms with van der Waals surface area (Å²) in [6.45, 7) is 1.79. The lowest BCUT2D eigenvalue weighted by Crippen LogP contribution is -2.40. The molecule has 0 aromatic heterocycles. The topological polar surface area (TPSA) is 12.0 Å². The van der Waals surface area contributed by atoms with Crippen LogP contribution in [-0.4, -0.2) is 19.3 Å². The van der Waals surface area contributed by atoms with Gasteiger partial charge in [0, 0.05) is 0 Å². The highest BCUT2D eigenvalue weighted by Crippen LogP contribution is 2.46. The lowest BCUT2D eigenvalue weighted by Gasteiger charge is -2.39. The first-order valence-electron chi connectivity index (χ1n) is 6.36. The highest BCUT2D eigenvalue weighted by molar-refractivity contribution is 4.86. The van der Waals surface area contributed by atoms with Crippen LogP contribution in [0.1, 0.15) is 38.5 Å². The SMILES string of the molecule is FC(F)(F)C1CCCCC1C1CCNCC1. The van der Waals surface area contributed by atoms with Gasteiger partial charge < -0.3 is 5.32 Å². The van der Waals surface area contributed by atoms with E-state index in [9.17, 15) is 13.2 Å². The molecule has 94 valence electrons. The van der Waals surface area contributed by atoms with E-state index in [0.29, 0.717) is 12.3 Å². The molecular formula is C12H20F3N. The van der Waals surface area contributed by atoms with E-state index in [4.69, 9.17) is 0 Å². The molecule has 0 aromatic carbocycles. The molecule has 0 bridgehead atoms. The molecule has 0 aromatic rings. The second-order valence-corrected chi connectivity index (χ2v) is 5.18. The fraction of sp³-hybridized carbons (Fsp3) is 1.00. The van der Waals surface area contributed by atoms with Gasteiger partial charge in [-0.1, -0.05) is 12.8 Å².